The number of aromatic nitrogens is 6. The van der Waals surface area contributed by atoms with Gasteiger partial charge in [-0.25, -0.2) is 18.7 Å². The zero-order chi connectivity index (χ0) is 21.6. The van der Waals surface area contributed by atoms with E-state index in [1.54, 1.807) is 36.3 Å². The van der Waals surface area contributed by atoms with Crippen LogP contribution in [0.15, 0.2) is 36.9 Å². The number of anilines is 1. The number of aliphatic hydroxyl groups excluding tert-OH is 1. The molecule has 31 heavy (non-hydrogen) atoms. The number of piperidine rings is 1. The molecule has 10 heteroatoms. The summed E-state index contributed by atoms with van der Waals surface area (Å²) in [7, 11) is 1.78. The maximum absolute atomic E-state index is 14.7. The highest BCUT2D eigenvalue weighted by molar-refractivity contribution is 5.95. The van der Waals surface area contributed by atoms with Gasteiger partial charge in [0.05, 0.1) is 24.0 Å². The first kappa shape index (κ1) is 19.6. The Balaban J connectivity index is 1.51. The fourth-order valence-corrected chi connectivity index (χ4v) is 3.96. The van der Waals surface area contributed by atoms with Crippen molar-refractivity contribution in [2.24, 2.45) is 7.05 Å². The van der Waals surface area contributed by atoms with E-state index in [4.69, 9.17) is 0 Å². The van der Waals surface area contributed by atoms with Crippen molar-refractivity contribution < 1.29 is 13.9 Å². The number of nitrogens with zero attached hydrogens (tertiary/aromatic N) is 6. The molecule has 2 N–H and O–H groups in total. The quantitative estimate of drug-likeness (QED) is 0.522. The van der Waals surface area contributed by atoms with Gasteiger partial charge in [-0.2, -0.15) is 10.2 Å². The first-order chi connectivity index (χ1) is 15.0. The number of nitrogens with one attached hydrogen (secondary N) is 1. The highest BCUT2D eigenvalue weighted by Crippen LogP contribution is 2.33. The monoisotopic (exact) mass is 425 g/mol. The van der Waals surface area contributed by atoms with Crippen LogP contribution in [-0.2, 0) is 7.05 Å². The van der Waals surface area contributed by atoms with Gasteiger partial charge in [0.25, 0.3) is 0 Å². The van der Waals surface area contributed by atoms with Crippen LogP contribution >= 0.6 is 0 Å². The summed E-state index contributed by atoms with van der Waals surface area (Å²) in [5.74, 6) is 0.293. The van der Waals surface area contributed by atoms with Gasteiger partial charge in [-0.3, -0.25) is 9.78 Å². The van der Waals surface area contributed by atoms with Crippen molar-refractivity contribution in [1.29, 1.82) is 0 Å². The Bertz CT molecular complexity index is 1240. The van der Waals surface area contributed by atoms with Crippen molar-refractivity contribution in [3.8, 4) is 22.5 Å². The number of alkyl halides is 1. The standard InChI is InChI=1S/C21H21F2N7O/c1-29-10-13(9-26-29)14-6-15-17(7-16(14)22)27-28-20(15)18-8-19(25-12-24-18)30-4-2-21(23,11-31)3-5-30/h6-10,12,31H,2-5,11H2,1H3,(H,27,28). The van der Waals surface area contributed by atoms with Crippen molar-refractivity contribution in [2.75, 3.05) is 24.6 Å². The molecule has 1 fully saturated rings. The molecule has 4 heterocycles. The minimum absolute atomic E-state index is 0.238. The Labute approximate surface area is 176 Å². The van der Waals surface area contributed by atoms with Crippen LogP contribution in [0.25, 0.3) is 33.4 Å². The number of fused-ring (bicyclic) bond motifs is 1. The van der Waals surface area contributed by atoms with Gasteiger partial charge >= 0.3 is 0 Å². The highest BCUT2D eigenvalue weighted by Gasteiger charge is 2.34. The number of hydrogen-bond donors (Lipinski definition) is 2. The third-order valence-electron chi connectivity index (χ3n) is 5.83. The highest BCUT2D eigenvalue weighted by atomic mass is 19.1. The summed E-state index contributed by atoms with van der Waals surface area (Å²) in [6.45, 7) is 0.432. The van der Waals surface area contributed by atoms with Crippen LogP contribution in [0.3, 0.4) is 0 Å². The Morgan fingerprint density at radius 2 is 2.00 bits per heavy atom. The molecule has 8 nitrogen and oxygen atoms in total. The van der Waals surface area contributed by atoms with E-state index in [0.717, 1.165) is 5.39 Å². The number of rotatable bonds is 4. The van der Waals surface area contributed by atoms with E-state index in [1.165, 1.54) is 12.4 Å². The van der Waals surface area contributed by atoms with Gasteiger partial charge < -0.3 is 10.0 Å². The molecule has 0 unspecified atom stereocenters. The second-order valence-corrected chi connectivity index (χ2v) is 7.91. The summed E-state index contributed by atoms with van der Waals surface area (Å²) >= 11 is 0. The maximum atomic E-state index is 14.7. The van der Waals surface area contributed by atoms with Gasteiger partial charge in [0.15, 0.2) is 0 Å². The number of benzene rings is 1. The molecule has 5 rings (SSSR count). The lowest BCUT2D eigenvalue weighted by atomic mass is 9.94. The minimum atomic E-state index is -1.53. The van der Waals surface area contributed by atoms with Crippen LogP contribution in [0.2, 0.25) is 0 Å². The van der Waals surface area contributed by atoms with Gasteiger partial charge in [-0.15, -0.1) is 0 Å². The smallest absolute Gasteiger partial charge is 0.137 e. The van der Waals surface area contributed by atoms with E-state index >= 15 is 0 Å². The lowest BCUT2D eigenvalue weighted by Crippen LogP contribution is -2.44. The van der Waals surface area contributed by atoms with E-state index in [1.807, 2.05) is 4.90 Å². The molecule has 0 bridgehead atoms. The fraction of sp³-hybridized carbons (Fsp3) is 0.333. The van der Waals surface area contributed by atoms with Gasteiger partial charge in [-0.1, -0.05) is 0 Å². The summed E-state index contributed by atoms with van der Waals surface area (Å²) in [6.07, 6.45) is 5.28. The van der Waals surface area contributed by atoms with Crippen molar-refractivity contribution in [2.45, 2.75) is 18.5 Å². The van der Waals surface area contributed by atoms with Gasteiger partial charge in [0, 0.05) is 67.8 Å². The molecule has 0 radical (unpaired) electrons. The second-order valence-electron chi connectivity index (χ2n) is 7.91. The predicted octanol–water partition coefficient (Wildman–Crippen LogP) is 2.86. The fourth-order valence-electron chi connectivity index (χ4n) is 3.96. The molecule has 3 aromatic heterocycles. The molecule has 0 spiro atoms. The summed E-state index contributed by atoms with van der Waals surface area (Å²) in [4.78, 5) is 10.7. The van der Waals surface area contributed by atoms with E-state index in [0.29, 0.717) is 46.9 Å². The van der Waals surface area contributed by atoms with Crippen molar-refractivity contribution >= 4 is 16.7 Å². The first-order valence-corrected chi connectivity index (χ1v) is 9.99. The molecule has 0 amide bonds. The van der Waals surface area contributed by atoms with E-state index < -0.39 is 12.3 Å². The van der Waals surface area contributed by atoms with E-state index in [2.05, 4.69) is 25.3 Å². The average Bonchev–Trinajstić information content (AvgIpc) is 3.39. The molecular weight excluding hydrogens is 404 g/mol. The molecule has 1 aliphatic rings. The Hall–Kier alpha value is -3.40. The molecular formula is C21H21F2N7O. The summed E-state index contributed by atoms with van der Waals surface area (Å²) in [5.41, 5.74) is 1.29. The lowest BCUT2D eigenvalue weighted by Gasteiger charge is -2.35. The molecule has 0 aliphatic carbocycles. The number of hydrogen-bond acceptors (Lipinski definition) is 6. The third kappa shape index (κ3) is 3.52. The maximum Gasteiger partial charge on any atom is 0.137 e. The Kier molecular flexibility index (Phi) is 4.66. The van der Waals surface area contributed by atoms with Crippen LogP contribution in [0.4, 0.5) is 14.6 Å². The summed E-state index contributed by atoms with van der Waals surface area (Å²) in [5, 5.41) is 21.3. The number of H-pyrrole nitrogens is 1. The number of aryl methyl sites for hydroxylation is 1. The number of aliphatic hydroxyl groups is 1. The van der Waals surface area contributed by atoms with Crippen molar-refractivity contribution in [1.82, 2.24) is 29.9 Å². The molecule has 1 aromatic carbocycles. The third-order valence-corrected chi connectivity index (χ3v) is 5.83. The molecule has 160 valence electrons. The Morgan fingerprint density at radius 1 is 1.19 bits per heavy atom. The van der Waals surface area contributed by atoms with Crippen molar-refractivity contribution in [3.05, 3.63) is 42.7 Å². The van der Waals surface area contributed by atoms with Gasteiger partial charge in [-0.05, 0) is 6.07 Å². The zero-order valence-electron chi connectivity index (χ0n) is 16.9. The number of aromatic amines is 1. The second kappa shape index (κ2) is 7.38. The topological polar surface area (TPSA) is 95.7 Å². The molecule has 0 atom stereocenters. The van der Waals surface area contributed by atoms with Gasteiger partial charge in [0.2, 0.25) is 0 Å². The van der Waals surface area contributed by atoms with Gasteiger partial charge in [0.1, 0.15) is 29.3 Å². The summed E-state index contributed by atoms with van der Waals surface area (Å²) < 4.78 is 30.6. The van der Waals surface area contributed by atoms with Crippen LogP contribution in [0.5, 0.6) is 0 Å². The molecule has 1 aliphatic heterocycles. The minimum Gasteiger partial charge on any atom is -0.393 e. The van der Waals surface area contributed by atoms with Crippen molar-refractivity contribution in [3.63, 3.8) is 0 Å². The first-order valence-electron chi connectivity index (χ1n) is 9.99. The lowest BCUT2D eigenvalue weighted by molar-refractivity contribution is 0.0480. The van der Waals surface area contributed by atoms with E-state index in [-0.39, 0.29) is 18.7 Å². The Morgan fingerprint density at radius 3 is 2.71 bits per heavy atom. The largest absolute Gasteiger partial charge is 0.393 e. The molecule has 1 saturated heterocycles. The molecule has 0 saturated carbocycles. The zero-order valence-corrected chi connectivity index (χ0v) is 16.9. The van der Waals surface area contributed by atoms with Crippen LogP contribution in [0, 0.1) is 5.82 Å². The predicted molar refractivity (Wildman–Crippen MR) is 112 cm³/mol. The van der Waals surface area contributed by atoms with Crippen LogP contribution in [0.1, 0.15) is 12.8 Å². The number of halogens is 2. The molecule has 4 aromatic rings. The normalized spacial score (nSPS) is 16.2. The average molecular weight is 425 g/mol. The van der Waals surface area contributed by atoms with Crippen LogP contribution in [-0.4, -0.2) is 60.4 Å². The van der Waals surface area contributed by atoms with E-state index in [9.17, 15) is 13.9 Å². The van der Waals surface area contributed by atoms with Crippen LogP contribution < -0.4 is 4.90 Å². The SMILES string of the molecule is Cn1cc(-c2cc3c(-c4cc(N5CCC(F)(CO)CC5)ncn4)n[nH]c3cc2F)cn1. The summed E-state index contributed by atoms with van der Waals surface area (Å²) in [6, 6.07) is 4.95.